The fourth-order valence-electron chi connectivity index (χ4n) is 1.56. The van der Waals surface area contributed by atoms with Gasteiger partial charge in [0.2, 0.25) is 0 Å². The first-order valence-corrected chi connectivity index (χ1v) is 7.25. The van der Waals surface area contributed by atoms with Gasteiger partial charge in [0.1, 0.15) is 0 Å². The van der Waals surface area contributed by atoms with Crippen molar-refractivity contribution in [2.24, 2.45) is 5.73 Å². The van der Waals surface area contributed by atoms with Gasteiger partial charge >= 0.3 is 0 Å². The number of nitrogens with two attached hydrogens (primary N) is 1. The van der Waals surface area contributed by atoms with Crippen LogP contribution in [0.1, 0.15) is 20.8 Å². The second kappa shape index (κ2) is 7.11. The van der Waals surface area contributed by atoms with E-state index in [2.05, 4.69) is 17.2 Å². The molecule has 2 aromatic rings. The fraction of sp³-hybridized carbons (Fsp3) is 0.133. The number of carbonyl (C=O) groups excluding carboxylic acids is 1. The van der Waals surface area contributed by atoms with Crippen molar-refractivity contribution in [3.8, 4) is 11.8 Å². The highest BCUT2D eigenvalue weighted by Gasteiger charge is 2.05. The molecular weight excluding hydrogens is 292 g/mol. The van der Waals surface area contributed by atoms with Gasteiger partial charge in [-0.05, 0) is 30.3 Å². The molecule has 1 aromatic heterocycles. The van der Waals surface area contributed by atoms with E-state index < -0.39 is 0 Å². The lowest BCUT2D eigenvalue weighted by Crippen LogP contribution is -2.22. The maximum Gasteiger partial charge on any atom is 0.251 e. The van der Waals surface area contributed by atoms with Gasteiger partial charge in [0.25, 0.3) is 5.91 Å². The number of carbonyl (C=O) groups is 1. The van der Waals surface area contributed by atoms with Crippen LogP contribution >= 0.6 is 22.9 Å². The summed E-state index contributed by atoms with van der Waals surface area (Å²) in [5.74, 6) is 5.64. The summed E-state index contributed by atoms with van der Waals surface area (Å²) in [6.07, 6.45) is 0. The molecule has 1 heterocycles. The predicted octanol–water partition coefficient (Wildman–Crippen LogP) is 2.64. The molecule has 0 atom stereocenters. The first-order chi connectivity index (χ1) is 9.69. The molecule has 102 valence electrons. The monoisotopic (exact) mass is 304 g/mol. The molecule has 1 aromatic carbocycles. The molecule has 3 nitrogen and oxygen atoms in total. The number of nitrogens with one attached hydrogen (secondary N) is 1. The Morgan fingerprint density at radius 2 is 2.10 bits per heavy atom. The molecule has 20 heavy (non-hydrogen) atoms. The highest BCUT2D eigenvalue weighted by Crippen LogP contribution is 2.14. The van der Waals surface area contributed by atoms with Gasteiger partial charge in [-0.3, -0.25) is 4.79 Å². The largest absolute Gasteiger partial charge is 0.347 e. The normalized spacial score (nSPS) is 9.70. The number of halogens is 1. The van der Waals surface area contributed by atoms with Gasteiger partial charge < -0.3 is 11.1 Å². The third kappa shape index (κ3) is 4.10. The topological polar surface area (TPSA) is 55.1 Å². The van der Waals surface area contributed by atoms with Gasteiger partial charge in [0.05, 0.1) is 13.1 Å². The summed E-state index contributed by atoms with van der Waals surface area (Å²) in [7, 11) is 0. The molecule has 0 spiro atoms. The highest BCUT2D eigenvalue weighted by atomic mass is 35.5. The minimum atomic E-state index is -0.121. The molecule has 0 saturated carbocycles. The van der Waals surface area contributed by atoms with Crippen LogP contribution in [-0.4, -0.2) is 12.5 Å². The molecule has 0 bridgehead atoms. The van der Waals surface area contributed by atoms with Crippen molar-refractivity contribution in [3.05, 3.63) is 56.7 Å². The lowest BCUT2D eigenvalue weighted by atomic mass is 10.2. The van der Waals surface area contributed by atoms with E-state index in [0.29, 0.717) is 23.7 Å². The minimum Gasteiger partial charge on any atom is -0.347 e. The molecule has 5 heteroatoms. The van der Waals surface area contributed by atoms with Crippen molar-refractivity contribution in [1.29, 1.82) is 0 Å². The van der Waals surface area contributed by atoms with Crippen LogP contribution in [0.2, 0.25) is 5.02 Å². The van der Waals surface area contributed by atoms with Gasteiger partial charge in [-0.15, -0.1) is 11.3 Å². The zero-order valence-electron chi connectivity index (χ0n) is 10.7. The van der Waals surface area contributed by atoms with Gasteiger partial charge in [0, 0.05) is 26.4 Å². The highest BCUT2D eigenvalue weighted by molar-refractivity contribution is 7.10. The molecule has 0 aliphatic rings. The Hall–Kier alpha value is -1.80. The number of amides is 1. The van der Waals surface area contributed by atoms with E-state index in [1.807, 2.05) is 11.4 Å². The minimum absolute atomic E-state index is 0.121. The smallest absolute Gasteiger partial charge is 0.251 e. The Balaban J connectivity index is 1.93. The van der Waals surface area contributed by atoms with Crippen LogP contribution in [0.25, 0.3) is 0 Å². The van der Waals surface area contributed by atoms with Crippen molar-refractivity contribution in [2.45, 2.75) is 6.54 Å². The number of benzene rings is 1. The fourth-order valence-corrected chi connectivity index (χ4v) is 2.44. The van der Waals surface area contributed by atoms with E-state index in [0.717, 1.165) is 10.4 Å². The number of thiophene rings is 1. The maximum absolute atomic E-state index is 11.9. The molecule has 2 rings (SSSR count). The van der Waals surface area contributed by atoms with E-state index in [4.69, 9.17) is 17.3 Å². The second-order valence-electron chi connectivity index (χ2n) is 4.00. The number of hydrogen-bond donors (Lipinski definition) is 2. The quantitative estimate of drug-likeness (QED) is 0.857. The Kier molecular flexibility index (Phi) is 5.19. The molecule has 0 aliphatic carbocycles. The van der Waals surface area contributed by atoms with Crippen molar-refractivity contribution in [1.82, 2.24) is 5.32 Å². The van der Waals surface area contributed by atoms with Crippen LogP contribution in [0.5, 0.6) is 0 Å². The summed E-state index contributed by atoms with van der Waals surface area (Å²) in [5, 5.41) is 5.42. The standard InChI is InChI=1S/C15H13ClN2OS/c16-13-5-3-12(4-6-13)15(19)18-9-14-8-11(10-20-14)2-1-7-17/h3-6,8,10H,7,9,17H2,(H,18,19). The maximum atomic E-state index is 11.9. The summed E-state index contributed by atoms with van der Waals surface area (Å²) in [6.45, 7) is 0.828. The number of hydrogen-bond acceptors (Lipinski definition) is 3. The molecule has 3 N–H and O–H groups in total. The van der Waals surface area contributed by atoms with Crippen LogP contribution in [0.3, 0.4) is 0 Å². The molecule has 0 fully saturated rings. The first-order valence-electron chi connectivity index (χ1n) is 5.99. The van der Waals surface area contributed by atoms with Crippen molar-refractivity contribution in [3.63, 3.8) is 0 Å². The Morgan fingerprint density at radius 1 is 1.35 bits per heavy atom. The van der Waals surface area contributed by atoms with E-state index in [1.54, 1.807) is 35.6 Å². The predicted molar refractivity (Wildman–Crippen MR) is 82.9 cm³/mol. The second-order valence-corrected chi connectivity index (χ2v) is 5.43. The van der Waals surface area contributed by atoms with Crippen molar-refractivity contribution in [2.75, 3.05) is 6.54 Å². The molecule has 0 saturated heterocycles. The van der Waals surface area contributed by atoms with Gasteiger partial charge in [0.15, 0.2) is 0 Å². The lowest BCUT2D eigenvalue weighted by molar-refractivity contribution is 0.0951. The Morgan fingerprint density at radius 3 is 2.80 bits per heavy atom. The van der Waals surface area contributed by atoms with Crippen LogP contribution < -0.4 is 11.1 Å². The van der Waals surface area contributed by atoms with E-state index >= 15 is 0 Å². The van der Waals surface area contributed by atoms with Crippen LogP contribution in [0.4, 0.5) is 0 Å². The van der Waals surface area contributed by atoms with E-state index in [9.17, 15) is 4.79 Å². The summed E-state index contributed by atoms with van der Waals surface area (Å²) in [6, 6.07) is 8.74. The summed E-state index contributed by atoms with van der Waals surface area (Å²) >= 11 is 7.34. The summed E-state index contributed by atoms with van der Waals surface area (Å²) in [5.41, 5.74) is 6.84. The van der Waals surface area contributed by atoms with Crippen LogP contribution in [0, 0.1) is 11.8 Å². The Labute approximate surface area is 126 Å². The average Bonchev–Trinajstić information content (AvgIpc) is 2.91. The molecular formula is C15H13ClN2OS. The third-order valence-electron chi connectivity index (χ3n) is 2.52. The molecule has 0 radical (unpaired) electrons. The summed E-state index contributed by atoms with van der Waals surface area (Å²) in [4.78, 5) is 13.0. The van der Waals surface area contributed by atoms with Gasteiger partial charge in [-0.1, -0.05) is 23.4 Å². The SMILES string of the molecule is NCC#Cc1csc(CNC(=O)c2ccc(Cl)cc2)c1. The average molecular weight is 305 g/mol. The third-order valence-corrected chi connectivity index (χ3v) is 3.71. The lowest BCUT2D eigenvalue weighted by Gasteiger charge is -2.03. The van der Waals surface area contributed by atoms with E-state index in [-0.39, 0.29) is 5.91 Å². The number of rotatable bonds is 3. The van der Waals surface area contributed by atoms with Crippen molar-refractivity contribution < 1.29 is 4.79 Å². The molecule has 0 aliphatic heterocycles. The van der Waals surface area contributed by atoms with E-state index in [1.165, 1.54) is 0 Å². The van der Waals surface area contributed by atoms with Crippen molar-refractivity contribution >= 4 is 28.8 Å². The molecule has 1 amide bonds. The summed E-state index contributed by atoms with van der Waals surface area (Å²) < 4.78 is 0. The van der Waals surface area contributed by atoms with Gasteiger partial charge in [-0.2, -0.15) is 0 Å². The Bertz CT molecular complexity index is 653. The first kappa shape index (κ1) is 14.6. The zero-order chi connectivity index (χ0) is 14.4. The van der Waals surface area contributed by atoms with Gasteiger partial charge in [-0.25, -0.2) is 0 Å². The molecule has 0 unspecified atom stereocenters. The van der Waals surface area contributed by atoms with Crippen LogP contribution in [-0.2, 0) is 6.54 Å². The zero-order valence-corrected chi connectivity index (χ0v) is 12.2. The van der Waals surface area contributed by atoms with Crippen LogP contribution in [0.15, 0.2) is 35.7 Å².